The van der Waals surface area contributed by atoms with Gasteiger partial charge in [-0.2, -0.15) is 0 Å². The number of ether oxygens (including phenoxy) is 2. The van der Waals surface area contributed by atoms with Gasteiger partial charge >= 0.3 is 11.9 Å². The highest BCUT2D eigenvalue weighted by Gasteiger charge is 2.25. The van der Waals surface area contributed by atoms with Crippen molar-refractivity contribution in [2.24, 2.45) is 4.99 Å². The van der Waals surface area contributed by atoms with E-state index in [-0.39, 0.29) is 11.4 Å². The van der Waals surface area contributed by atoms with E-state index in [1.54, 1.807) is 18.2 Å². The van der Waals surface area contributed by atoms with Gasteiger partial charge in [-0.3, -0.25) is 0 Å². The number of rotatable bonds is 5. The predicted molar refractivity (Wildman–Crippen MR) is 145 cm³/mol. The second-order valence-electron chi connectivity index (χ2n) is 7.54. The van der Waals surface area contributed by atoms with Crippen LogP contribution in [0.5, 0.6) is 5.75 Å². The van der Waals surface area contributed by atoms with Gasteiger partial charge in [0.05, 0.1) is 5.02 Å². The van der Waals surface area contributed by atoms with Gasteiger partial charge in [0.25, 0.3) is 0 Å². The molecule has 9 heteroatoms. The molecule has 35 heavy (non-hydrogen) atoms. The summed E-state index contributed by atoms with van der Waals surface area (Å²) in [5.41, 5.74) is 1.59. The maximum absolute atomic E-state index is 13.0. The van der Waals surface area contributed by atoms with E-state index in [0.717, 1.165) is 24.6 Å². The molecule has 0 aliphatic carbocycles. The average Bonchev–Trinajstić information content (AvgIpc) is 3.34. The molecule has 0 unspecified atom stereocenters. The number of thiophene rings is 1. The van der Waals surface area contributed by atoms with Gasteiger partial charge in [-0.05, 0) is 42.0 Å². The van der Waals surface area contributed by atoms with Crippen LogP contribution in [0, 0.1) is 0 Å². The molecule has 0 amide bonds. The number of esters is 2. The van der Waals surface area contributed by atoms with Crippen molar-refractivity contribution in [1.82, 2.24) is 0 Å². The van der Waals surface area contributed by atoms with E-state index in [1.807, 2.05) is 48.5 Å². The third kappa shape index (κ3) is 5.26. The molecule has 0 N–H and O–H groups in total. The topological polar surface area (TPSA) is 65.0 Å². The molecule has 5 rings (SSSR count). The zero-order valence-electron chi connectivity index (χ0n) is 17.8. The van der Waals surface area contributed by atoms with Crippen molar-refractivity contribution in [3.05, 3.63) is 102 Å². The SMILES string of the molecule is O=C1OC(Cc2ccccc2)=N/C1=C/c1cc(Br)ccc1OC(=O)c1sc2cc(Br)ccc2c1Cl. The van der Waals surface area contributed by atoms with Crippen molar-refractivity contribution in [3.63, 3.8) is 0 Å². The van der Waals surface area contributed by atoms with Gasteiger partial charge in [0.15, 0.2) is 5.70 Å². The zero-order valence-corrected chi connectivity index (χ0v) is 22.5. The number of aliphatic imine (C=N–C) groups is 1. The van der Waals surface area contributed by atoms with E-state index < -0.39 is 11.9 Å². The van der Waals surface area contributed by atoms with Crippen LogP contribution in [-0.4, -0.2) is 17.8 Å². The number of cyclic esters (lactones) is 1. The van der Waals surface area contributed by atoms with Crippen molar-refractivity contribution in [1.29, 1.82) is 0 Å². The molecule has 174 valence electrons. The molecule has 1 aromatic heterocycles. The Morgan fingerprint density at radius 2 is 1.80 bits per heavy atom. The fourth-order valence-corrected chi connectivity index (χ4v) is 5.80. The van der Waals surface area contributed by atoms with Crippen molar-refractivity contribution in [2.45, 2.75) is 6.42 Å². The molecule has 4 aromatic rings. The summed E-state index contributed by atoms with van der Waals surface area (Å²) in [5.74, 6) is -0.577. The summed E-state index contributed by atoms with van der Waals surface area (Å²) in [5, 5.41) is 1.12. The number of hydrogen-bond donors (Lipinski definition) is 0. The Kier molecular flexibility index (Phi) is 6.88. The molecule has 1 aliphatic heterocycles. The summed E-state index contributed by atoms with van der Waals surface area (Å²) in [7, 11) is 0. The molecule has 1 aliphatic rings. The minimum absolute atomic E-state index is 0.121. The van der Waals surface area contributed by atoms with Crippen LogP contribution >= 0.6 is 54.8 Å². The Hall–Kier alpha value is -2.78. The molecule has 0 bridgehead atoms. The maximum atomic E-state index is 13.0. The van der Waals surface area contributed by atoms with Crippen LogP contribution in [0.25, 0.3) is 16.2 Å². The average molecular weight is 632 g/mol. The number of hydrogen-bond acceptors (Lipinski definition) is 6. The number of benzene rings is 3. The first-order valence-corrected chi connectivity index (χ1v) is 13.1. The molecule has 5 nitrogen and oxygen atoms in total. The van der Waals surface area contributed by atoms with Gasteiger partial charge in [-0.15, -0.1) is 11.3 Å². The minimum Gasteiger partial charge on any atom is -0.422 e. The van der Waals surface area contributed by atoms with Gasteiger partial charge in [0, 0.05) is 31.0 Å². The van der Waals surface area contributed by atoms with Gasteiger partial charge in [-0.1, -0.05) is 79.9 Å². The lowest BCUT2D eigenvalue weighted by Gasteiger charge is -2.08. The maximum Gasteiger partial charge on any atom is 0.363 e. The number of nitrogens with zero attached hydrogens (tertiary/aromatic N) is 1. The van der Waals surface area contributed by atoms with Crippen LogP contribution in [0.4, 0.5) is 0 Å². The lowest BCUT2D eigenvalue weighted by molar-refractivity contribution is -0.130. The number of halogens is 3. The fourth-order valence-electron chi connectivity index (χ4n) is 3.49. The second-order valence-corrected chi connectivity index (χ2v) is 10.8. The molecule has 3 aromatic carbocycles. The minimum atomic E-state index is -0.587. The van der Waals surface area contributed by atoms with E-state index in [0.29, 0.717) is 27.8 Å². The Balaban J connectivity index is 1.44. The van der Waals surface area contributed by atoms with Crippen molar-refractivity contribution in [3.8, 4) is 5.75 Å². The molecular formula is C26H14Br2ClNO4S. The second kappa shape index (κ2) is 10.1. The predicted octanol–water partition coefficient (Wildman–Crippen LogP) is 7.84. The Labute approximate surface area is 226 Å². The molecule has 0 atom stereocenters. The number of carbonyl (C=O) groups is 2. The zero-order chi connectivity index (χ0) is 24.5. The number of fused-ring (bicyclic) bond motifs is 1. The highest BCUT2D eigenvalue weighted by atomic mass is 79.9. The summed E-state index contributed by atoms with van der Waals surface area (Å²) in [6.45, 7) is 0. The van der Waals surface area contributed by atoms with E-state index in [1.165, 1.54) is 17.4 Å². The van der Waals surface area contributed by atoms with Crippen molar-refractivity contribution < 1.29 is 19.1 Å². The van der Waals surface area contributed by atoms with Crippen LogP contribution < -0.4 is 4.74 Å². The highest BCUT2D eigenvalue weighted by molar-refractivity contribution is 9.10. The van der Waals surface area contributed by atoms with Crippen LogP contribution in [0.15, 0.2) is 86.4 Å². The molecular weight excluding hydrogens is 618 g/mol. The summed E-state index contributed by atoms with van der Waals surface area (Å²) >= 11 is 14.6. The lowest BCUT2D eigenvalue weighted by Crippen LogP contribution is -2.08. The van der Waals surface area contributed by atoms with E-state index in [4.69, 9.17) is 21.1 Å². The van der Waals surface area contributed by atoms with Gasteiger partial charge < -0.3 is 9.47 Å². The van der Waals surface area contributed by atoms with E-state index in [2.05, 4.69) is 36.9 Å². The number of carbonyl (C=O) groups excluding carboxylic acids is 2. The quantitative estimate of drug-likeness (QED) is 0.128. The van der Waals surface area contributed by atoms with Crippen molar-refractivity contribution >= 4 is 88.8 Å². The highest BCUT2D eigenvalue weighted by Crippen LogP contribution is 2.38. The Bertz CT molecular complexity index is 1550. The third-order valence-electron chi connectivity index (χ3n) is 5.11. The summed E-state index contributed by atoms with van der Waals surface area (Å²) in [4.78, 5) is 30.1. The lowest BCUT2D eigenvalue weighted by atomic mass is 10.1. The van der Waals surface area contributed by atoms with Crippen LogP contribution in [0.1, 0.15) is 20.8 Å². The van der Waals surface area contributed by atoms with Gasteiger partial charge in [0.1, 0.15) is 10.6 Å². The van der Waals surface area contributed by atoms with Gasteiger partial charge in [-0.25, -0.2) is 14.6 Å². The first-order chi connectivity index (χ1) is 16.9. The Morgan fingerprint density at radius 3 is 2.60 bits per heavy atom. The molecule has 0 fully saturated rings. The van der Waals surface area contributed by atoms with Crippen LogP contribution in [0.3, 0.4) is 0 Å². The largest absolute Gasteiger partial charge is 0.422 e. The standard InChI is InChI=1S/C26H14Br2ClNO4S/c27-16-7-9-20(33-26(32)24-23(29)18-8-6-17(28)13-21(18)35-24)15(11-16)12-19-25(31)34-22(30-19)10-14-4-2-1-3-5-14/h1-9,11-13H,10H2/b19-12+. The summed E-state index contributed by atoms with van der Waals surface area (Å²) < 4.78 is 13.5. The first-order valence-electron chi connectivity index (χ1n) is 10.3. The fraction of sp³-hybridized carbons (Fsp3) is 0.0385. The monoisotopic (exact) mass is 629 g/mol. The molecule has 0 radical (unpaired) electrons. The summed E-state index contributed by atoms with van der Waals surface area (Å²) in [6, 6.07) is 20.3. The molecule has 0 saturated carbocycles. The molecule has 2 heterocycles. The molecule has 0 spiro atoms. The first kappa shape index (κ1) is 23.9. The summed E-state index contributed by atoms with van der Waals surface area (Å²) in [6.07, 6.45) is 1.93. The van der Waals surface area contributed by atoms with E-state index >= 15 is 0 Å². The van der Waals surface area contributed by atoms with Crippen LogP contribution in [-0.2, 0) is 16.0 Å². The van der Waals surface area contributed by atoms with Crippen molar-refractivity contribution in [2.75, 3.05) is 0 Å². The van der Waals surface area contributed by atoms with Gasteiger partial charge in [0.2, 0.25) is 5.90 Å². The molecule has 0 saturated heterocycles. The van der Waals surface area contributed by atoms with Crippen LogP contribution in [0.2, 0.25) is 5.02 Å². The third-order valence-corrected chi connectivity index (χ3v) is 7.73. The normalized spacial score (nSPS) is 14.3. The smallest absolute Gasteiger partial charge is 0.363 e. The van der Waals surface area contributed by atoms with E-state index in [9.17, 15) is 9.59 Å². The Morgan fingerprint density at radius 1 is 1.06 bits per heavy atom.